The van der Waals surface area contributed by atoms with Gasteiger partial charge in [0, 0.05) is 5.92 Å². The van der Waals surface area contributed by atoms with Crippen LogP contribution in [0.3, 0.4) is 0 Å². The molecule has 6 heteroatoms. The summed E-state index contributed by atoms with van der Waals surface area (Å²) in [5.74, 6) is -1.42. The molecule has 0 aromatic heterocycles. The number of ether oxygens (including phenoxy) is 2. The van der Waals surface area contributed by atoms with Gasteiger partial charge in [0.25, 0.3) is 0 Å². The average molecular weight is 361 g/mol. The maximum Gasteiger partial charge on any atom is 0.416 e. The number of amides is 2. The SMILES string of the molecule is CC[C@H](CC(=O)OC(C)(C)C)C(=O)N1C(=O)OC[C@@H]1Cc1ccccc1. The second kappa shape index (κ2) is 8.34. The van der Waals surface area contributed by atoms with Crippen LogP contribution in [0.1, 0.15) is 46.1 Å². The van der Waals surface area contributed by atoms with Gasteiger partial charge in [0.1, 0.15) is 12.2 Å². The number of esters is 1. The molecule has 1 aliphatic heterocycles. The molecule has 2 amide bonds. The predicted octanol–water partition coefficient (Wildman–Crippen LogP) is 3.33. The number of carbonyl (C=O) groups excluding carboxylic acids is 3. The Kier molecular flexibility index (Phi) is 6.40. The Bertz CT molecular complexity index is 650. The van der Waals surface area contributed by atoms with Gasteiger partial charge in [0.05, 0.1) is 12.5 Å². The topological polar surface area (TPSA) is 72.9 Å². The van der Waals surface area contributed by atoms with Gasteiger partial charge in [-0.05, 0) is 39.2 Å². The molecule has 1 aliphatic rings. The monoisotopic (exact) mass is 361 g/mol. The van der Waals surface area contributed by atoms with Crippen LogP contribution in [0.5, 0.6) is 0 Å². The molecule has 1 saturated heterocycles. The summed E-state index contributed by atoms with van der Waals surface area (Å²) >= 11 is 0. The highest BCUT2D eigenvalue weighted by Crippen LogP contribution is 2.23. The predicted molar refractivity (Wildman–Crippen MR) is 96.4 cm³/mol. The minimum Gasteiger partial charge on any atom is -0.460 e. The molecule has 0 saturated carbocycles. The molecule has 1 heterocycles. The van der Waals surface area contributed by atoms with Crippen LogP contribution in [-0.4, -0.2) is 41.1 Å². The van der Waals surface area contributed by atoms with Crippen LogP contribution >= 0.6 is 0 Å². The van der Waals surface area contributed by atoms with Gasteiger partial charge in [-0.1, -0.05) is 37.3 Å². The van der Waals surface area contributed by atoms with Crippen molar-refractivity contribution in [2.75, 3.05) is 6.61 Å². The number of imide groups is 1. The molecule has 142 valence electrons. The maximum atomic E-state index is 12.9. The fourth-order valence-corrected chi connectivity index (χ4v) is 2.95. The number of cyclic esters (lactones) is 1. The molecule has 26 heavy (non-hydrogen) atoms. The summed E-state index contributed by atoms with van der Waals surface area (Å²) in [5, 5.41) is 0. The first-order valence-corrected chi connectivity index (χ1v) is 8.97. The standard InChI is InChI=1S/C20H27NO5/c1-5-15(12-17(22)26-20(2,3)4)18(23)21-16(13-25-19(21)24)11-14-9-7-6-8-10-14/h6-10,15-16H,5,11-13H2,1-4H3/t15-,16+/m1/s1. The van der Waals surface area contributed by atoms with Crippen molar-refractivity contribution >= 4 is 18.0 Å². The third-order valence-corrected chi connectivity index (χ3v) is 4.19. The van der Waals surface area contributed by atoms with E-state index in [-0.39, 0.29) is 25.0 Å². The Labute approximate surface area is 154 Å². The lowest BCUT2D eigenvalue weighted by Crippen LogP contribution is -2.44. The largest absolute Gasteiger partial charge is 0.460 e. The lowest BCUT2D eigenvalue weighted by atomic mass is 9.98. The number of carbonyl (C=O) groups is 3. The first-order valence-electron chi connectivity index (χ1n) is 8.97. The second-order valence-corrected chi connectivity index (χ2v) is 7.52. The van der Waals surface area contributed by atoms with Gasteiger partial charge in [0.2, 0.25) is 5.91 Å². The van der Waals surface area contributed by atoms with Crippen molar-refractivity contribution < 1.29 is 23.9 Å². The Morgan fingerprint density at radius 3 is 2.50 bits per heavy atom. The van der Waals surface area contributed by atoms with Crippen LogP contribution in [-0.2, 0) is 25.5 Å². The van der Waals surface area contributed by atoms with Crippen LogP contribution in [0.15, 0.2) is 30.3 Å². The van der Waals surface area contributed by atoms with Gasteiger partial charge >= 0.3 is 12.1 Å². The van der Waals surface area contributed by atoms with E-state index in [9.17, 15) is 14.4 Å². The van der Waals surface area contributed by atoms with Crippen LogP contribution < -0.4 is 0 Å². The highest BCUT2D eigenvalue weighted by atomic mass is 16.6. The summed E-state index contributed by atoms with van der Waals surface area (Å²) in [6, 6.07) is 9.28. The minimum absolute atomic E-state index is 0.0472. The van der Waals surface area contributed by atoms with Gasteiger partial charge in [-0.25, -0.2) is 9.69 Å². The first kappa shape index (κ1) is 19.9. The van der Waals surface area contributed by atoms with Crippen molar-refractivity contribution in [1.82, 2.24) is 4.90 Å². The Morgan fingerprint density at radius 2 is 1.92 bits per heavy atom. The maximum absolute atomic E-state index is 12.9. The molecular formula is C20H27NO5. The summed E-state index contributed by atoms with van der Waals surface area (Å²) in [6.07, 6.45) is 0.286. The Morgan fingerprint density at radius 1 is 1.27 bits per heavy atom. The molecule has 0 unspecified atom stereocenters. The number of benzene rings is 1. The van der Waals surface area contributed by atoms with Crippen molar-refractivity contribution in [2.45, 2.75) is 58.6 Å². The number of nitrogens with zero attached hydrogens (tertiary/aromatic N) is 1. The van der Waals surface area contributed by atoms with Gasteiger partial charge in [-0.3, -0.25) is 9.59 Å². The summed E-state index contributed by atoms with van der Waals surface area (Å²) in [4.78, 5) is 38.3. The highest BCUT2D eigenvalue weighted by Gasteiger charge is 2.41. The van der Waals surface area contributed by atoms with Gasteiger partial charge in [-0.15, -0.1) is 0 Å². The molecule has 0 aliphatic carbocycles. The van der Waals surface area contributed by atoms with E-state index >= 15 is 0 Å². The van der Waals surface area contributed by atoms with Gasteiger partial charge in [0.15, 0.2) is 0 Å². The molecule has 1 fully saturated rings. The molecule has 1 aromatic carbocycles. The van der Waals surface area contributed by atoms with Crippen molar-refractivity contribution in [3.05, 3.63) is 35.9 Å². The van der Waals surface area contributed by atoms with Gasteiger partial charge in [-0.2, -0.15) is 0 Å². The quantitative estimate of drug-likeness (QED) is 0.727. The van der Waals surface area contributed by atoms with Crippen LogP contribution in [0.4, 0.5) is 4.79 Å². The molecule has 6 nitrogen and oxygen atoms in total. The average Bonchev–Trinajstić information content (AvgIpc) is 2.91. The van der Waals surface area contributed by atoms with E-state index in [1.165, 1.54) is 4.90 Å². The molecule has 0 N–H and O–H groups in total. The highest BCUT2D eigenvalue weighted by molar-refractivity contribution is 5.96. The molecule has 2 atom stereocenters. The second-order valence-electron chi connectivity index (χ2n) is 7.52. The molecule has 2 rings (SSSR count). The summed E-state index contributed by atoms with van der Waals surface area (Å²) in [5.41, 5.74) is 0.412. The summed E-state index contributed by atoms with van der Waals surface area (Å²) < 4.78 is 10.4. The van der Waals surface area contributed by atoms with Crippen molar-refractivity contribution in [2.24, 2.45) is 5.92 Å². The normalized spacial score (nSPS) is 18.4. The third kappa shape index (κ3) is 5.31. The van der Waals surface area contributed by atoms with Crippen LogP contribution in [0.25, 0.3) is 0 Å². The minimum atomic E-state index is -0.640. The number of rotatable bonds is 6. The van der Waals surface area contributed by atoms with E-state index in [2.05, 4.69) is 0 Å². The Hall–Kier alpha value is -2.37. The van der Waals surface area contributed by atoms with Crippen molar-refractivity contribution in [3.63, 3.8) is 0 Å². The zero-order valence-electron chi connectivity index (χ0n) is 15.9. The van der Waals surface area contributed by atoms with E-state index in [0.29, 0.717) is 12.8 Å². The lowest BCUT2D eigenvalue weighted by Gasteiger charge is -2.25. The molecule has 0 radical (unpaired) electrons. The third-order valence-electron chi connectivity index (χ3n) is 4.19. The first-order chi connectivity index (χ1) is 12.2. The van der Waals surface area contributed by atoms with Crippen LogP contribution in [0.2, 0.25) is 0 Å². The van der Waals surface area contributed by atoms with Crippen molar-refractivity contribution in [1.29, 1.82) is 0 Å². The zero-order chi connectivity index (χ0) is 19.3. The van der Waals surface area contributed by atoms with E-state index in [1.54, 1.807) is 20.8 Å². The summed E-state index contributed by atoms with van der Waals surface area (Å²) in [7, 11) is 0. The number of hydrogen-bond donors (Lipinski definition) is 0. The van der Waals surface area contributed by atoms with Crippen LogP contribution in [0, 0.1) is 5.92 Å². The molecule has 0 bridgehead atoms. The fourth-order valence-electron chi connectivity index (χ4n) is 2.95. The fraction of sp³-hybridized carbons (Fsp3) is 0.550. The van der Waals surface area contributed by atoms with E-state index in [4.69, 9.17) is 9.47 Å². The number of hydrogen-bond acceptors (Lipinski definition) is 5. The van der Waals surface area contributed by atoms with E-state index < -0.39 is 23.6 Å². The zero-order valence-corrected chi connectivity index (χ0v) is 15.9. The molecule has 0 spiro atoms. The van der Waals surface area contributed by atoms with E-state index in [1.807, 2.05) is 37.3 Å². The molecule has 1 aromatic rings. The molecular weight excluding hydrogens is 334 g/mol. The smallest absolute Gasteiger partial charge is 0.416 e. The lowest BCUT2D eigenvalue weighted by molar-refractivity contribution is -0.158. The Balaban J connectivity index is 2.07. The van der Waals surface area contributed by atoms with Crippen molar-refractivity contribution in [3.8, 4) is 0 Å². The van der Waals surface area contributed by atoms with E-state index in [0.717, 1.165) is 5.56 Å². The summed E-state index contributed by atoms with van der Waals surface area (Å²) in [6.45, 7) is 7.33. The van der Waals surface area contributed by atoms with Gasteiger partial charge < -0.3 is 9.47 Å².